The van der Waals surface area contributed by atoms with Gasteiger partial charge in [0.05, 0.1) is 12.2 Å². The van der Waals surface area contributed by atoms with E-state index in [2.05, 4.69) is 0 Å². The first-order valence-electron chi connectivity index (χ1n) is 5.25. The van der Waals surface area contributed by atoms with Gasteiger partial charge in [-0.25, -0.2) is 0 Å². The lowest BCUT2D eigenvalue weighted by Crippen LogP contribution is -2.51. The molecule has 2 atom stereocenters. The van der Waals surface area contributed by atoms with Crippen molar-refractivity contribution in [3.63, 3.8) is 0 Å². The first kappa shape index (κ1) is 11.5. The van der Waals surface area contributed by atoms with Crippen LogP contribution >= 0.6 is 0 Å². The van der Waals surface area contributed by atoms with Crippen LogP contribution in [0.5, 0.6) is 0 Å². The fraction of sp³-hybridized carbons (Fsp3) is 0.909. The molecule has 0 aromatic carbocycles. The van der Waals surface area contributed by atoms with E-state index in [9.17, 15) is 4.79 Å². The number of nitrogens with zero attached hydrogens (tertiary/aromatic N) is 1. The Morgan fingerprint density at radius 1 is 1.21 bits per heavy atom. The van der Waals surface area contributed by atoms with E-state index in [-0.39, 0.29) is 23.5 Å². The number of carbonyl (C=O) groups excluding carboxylic acids is 1. The van der Waals surface area contributed by atoms with E-state index in [4.69, 9.17) is 4.74 Å². The van der Waals surface area contributed by atoms with E-state index in [1.807, 2.05) is 39.5 Å². The Hall–Kier alpha value is -0.570. The van der Waals surface area contributed by atoms with Crippen LogP contribution in [0.15, 0.2) is 0 Å². The second-order valence-electron chi connectivity index (χ2n) is 5.22. The van der Waals surface area contributed by atoms with Crippen LogP contribution in [0.3, 0.4) is 0 Å². The van der Waals surface area contributed by atoms with Crippen molar-refractivity contribution >= 4 is 5.91 Å². The zero-order valence-corrected chi connectivity index (χ0v) is 9.83. The van der Waals surface area contributed by atoms with E-state index < -0.39 is 0 Å². The Balaban J connectivity index is 2.64. The highest BCUT2D eigenvalue weighted by Gasteiger charge is 2.32. The normalized spacial score (nSPS) is 29.1. The van der Waals surface area contributed by atoms with Gasteiger partial charge in [0, 0.05) is 18.5 Å². The molecule has 1 saturated heterocycles. The average molecular weight is 199 g/mol. The summed E-state index contributed by atoms with van der Waals surface area (Å²) in [4.78, 5) is 13.9. The maximum absolute atomic E-state index is 12.0. The summed E-state index contributed by atoms with van der Waals surface area (Å²) in [5, 5.41) is 0. The molecule has 1 heterocycles. The lowest BCUT2D eigenvalue weighted by Gasteiger charge is -2.38. The SMILES string of the molecule is C[C@@H]1CN(C(=O)C(C)(C)C)C[C@H](C)O1. The van der Waals surface area contributed by atoms with Crippen molar-refractivity contribution in [3.8, 4) is 0 Å². The third-order valence-electron chi connectivity index (χ3n) is 2.35. The third kappa shape index (κ3) is 2.71. The fourth-order valence-corrected chi connectivity index (χ4v) is 1.82. The van der Waals surface area contributed by atoms with Gasteiger partial charge in [-0.3, -0.25) is 4.79 Å². The molecular formula is C11H21NO2. The fourth-order valence-electron chi connectivity index (χ4n) is 1.82. The first-order chi connectivity index (χ1) is 6.30. The Morgan fingerprint density at radius 3 is 2.00 bits per heavy atom. The summed E-state index contributed by atoms with van der Waals surface area (Å²) in [7, 11) is 0. The molecule has 1 fully saturated rings. The summed E-state index contributed by atoms with van der Waals surface area (Å²) < 4.78 is 5.59. The molecule has 1 aliphatic rings. The molecule has 0 aliphatic carbocycles. The van der Waals surface area contributed by atoms with Crippen LogP contribution in [0.1, 0.15) is 34.6 Å². The predicted molar refractivity (Wildman–Crippen MR) is 56.0 cm³/mol. The van der Waals surface area contributed by atoms with E-state index >= 15 is 0 Å². The minimum Gasteiger partial charge on any atom is -0.372 e. The van der Waals surface area contributed by atoms with Crippen LogP contribution in [0.25, 0.3) is 0 Å². The first-order valence-corrected chi connectivity index (χ1v) is 5.25. The van der Waals surface area contributed by atoms with E-state index in [1.165, 1.54) is 0 Å². The van der Waals surface area contributed by atoms with E-state index in [0.29, 0.717) is 0 Å². The van der Waals surface area contributed by atoms with Crippen molar-refractivity contribution in [1.82, 2.24) is 4.90 Å². The molecule has 0 saturated carbocycles. The number of ether oxygens (including phenoxy) is 1. The largest absolute Gasteiger partial charge is 0.372 e. The zero-order valence-electron chi connectivity index (χ0n) is 9.83. The van der Waals surface area contributed by atoms with Gasteiger partial charge in [-0.05, 0) is 13.8 Å². The van der Waals surface area contributed by atoms with Crippen LogP contribution < -0.4 is 0 Å². The lowest BCUT2D eigenvalue weighted by atomic mass is 9.94. The van der Waals surface area contributed by atoms with Gasteiger partial charge in [-0.1, -0.05) is 20.8 Å². The Kier molecular flexibility index (Phi) is 3.20. The number of carbonyl (C=O) groups is 1. The second-order valence-corrected chi connectivity index (χ2v) is 5.22. The van der Waals surface area contributed by atoms with Crippen molar-refractivity contribution in [3.05, 3.63) is 0 Å². The van der Waals surface area contributed by atoms with Crippen LogP contribution in [-0.2, 0) is 9.53 Å². The van der Waals surface area contributed by atoms with E-state index in [0.717, 1.165) is 13.1 Å². The Morgan fingerprint density at radius 2 is 1.64 bits per heavy atom. The highest BCUT2D eigenvalue weighted by atomic mass is 16.5. The summed E-state index contributed by atoms with van der Waals surface area (Å²) in [6, 6.07) is 0. The van der Waals surface area contributed by atoms with Gasteiger partial charge < -0.3 is 9.64 Å². The quantitative estimate of drug-likeness (QED) is 0.594. The number of hydrogen-bond donors (Lipinski definition) is 0. The molecule has 3 nitrogen and oxygen atoms in total. The summed E-state index contributed by atoms with van der Waals surface area (Å²) in [6.07, 6.45) is 0.315. The van der Waals surface area contributed by atoms with Gasteiger partial charge in [0.25, 0.3) is 0 Å². The topological polar surface area (TPSA) is 29.5 Å². The zero-order chi connectivity index (χ0) is 10.9. The van der Waals surface area contributed by atoms with E-state index in [1.54, 1.807) is 0 Å². The van der Waals surface area contributed by atoms with Gasteiger partial charge in [-0.15, -0.1) is 0 Å². The monoisotopic (exact) mass is 199 g/mol. The average Bonchev–Trinajstić information content (AvgIpc) is 1.99. The van der Waals surface area contributed by atoms with Gasteiger partial charge in [0.2, 0.25) is 5.91 Å². The van der Waals surface area contributed by atoms with Crippen LogP contribution in [0, 0.1) is 5.41 Å². The molecule has 0 unspecified atom stereocenters. The van der Waals surface area contributed by atoms with Gasteiger partial charge in [0.15, 0.2) is 0 Å². The molecule has 0 radical (unpaired) electrons. The van der Waals surface area contributed by atoms with Gasteiger partial charge >= 0.3 is 0 Å². The van der Waals surface area contributed by atoms with Crippen molar-refractivity contribution in [2.24, 2.45) is 5.41 Å². The van der Waals surface area contributed by atoms with Crippen molar-refractivity contribution in [2.75, 3.05) is 13.1 Å². The summed E-state index contributed by atoms with van der Waals surface area (Å²) in [5.74, 6) is 0.222. The highest BCUT2D eigenvalue weighted by molar-refractivity contribution is 5.81. The predicted octanol–water partition coefficient (Wildman–Crippen LogP) is 1.67. The third-order valence-corrected chi connectivity index (χ3v) is 2.35. The molecule has 1 amide bonds. The minimum atomic E-state index is -0.281. The second kappa shape index (κ2) is 3.89. The molecule has 14 heavy (non-hydrogen) atoms. The number of morpholine rings is 1. The van der Waals surface area contributed by atoms with Gasteiger partial charge in [0.1, 0.15) is 0 Å². The Labute approximate surface area is 86.4 Å². The number of amides is 1. The number of rotatable bonds is 0. The smallest absolute Gasteiger partial charge is 0.228 e. The highest BCUT2D eigenvalue weighted by Crippen LogP contribution is 2.20. The molecule has 0 bridgehead atoms. The van der Waals surface area contributed by atoms with Crippen LogP contribution in [-0.4, -0.2) is 36.1 Å². The maximum atomic E-state index is 12.0. The molecule has 1 rings (SSSR count). The minimum absolute atomic E-state index is 0.157. The molecule has 82 valence electrons. The maximum Gasteiger partial charge on any atom is 0.228 e. The molecule has 3 heteroatoms. The molecule has 0 aromatic heterocycles. The summed E-state index contributed by atoms with van der Waals surface area (Å²) in [5.41, 5.74) is -0.281. The molecule has 0 spiro atoms. The van der Waals surface area contributed by atoms with Crippen molar-refractivity contribution < 1.29 is 9.53 Å². The Bertz CT molecular complexity index is 210. The molecule has 1 aliphatic heterocycles. The number of hydrogen-bond acceptors (Lipinski definition) is 2. The van der Waals surface area contributed by atoms with Crippen molar-refractivity contribution in [1.29, 1.82) is 0 Å². The lowest BCUT2D eigenvalue weighted by molar-refractivity contribution is -0.151. The molecule has 0 N–H and O–H groups in total. The standard InChI is InChI=1S/C11H21NO2/c1-8-6-12(7-9(2)14-8)10(13)11(3,4)5/h8-9H,6-7H2,1-5H3/t8-,9+. The summed E-state index contributed by atoms with van der Waals surface area (Å²) in [6.45, 7) is 11.3. The van der Waals surface area contributed by atoms with Gasteiger partial charge in [-0.2, -0.15) is 0 Å². The van der Waals surface area contributed by atoms with Crippen LogP contribution in [0.2, 0.25) is 0 Å². The summed E-state index contributed by atoms with van der Waals surface area (Å²) >= 11 is 0. The van der Waals surface area contributed by atoms with Crippen LogP contribution in [0.4, 0.5) is 0 Å². The van der Waals surface area contributed by atoms with Crippen molar-refractivity contribution in [2.45, 2.75) is 46.8 Å². The molecule has 0 aromatic rings. The molecular weight excluding hydrogens is 178 g/mol.